The summed E-state index contributed by atoms with van der Waals surface area (Å²) in [6.07, 6.45) is 1.55. The molecule has 7 nitrogen and oxygen atoms in total. The number of piperidine rings is 1. The van der Waals surface area contributed by atoms with Crippen LogP contribution >= 0.6 is 0 Å². The maximum absolute atomic E-state index is 13.4. The van der Waals surface area contributed by atoms with Crippen LogP contribution in [0.25, 0.3) is 33.1 Å². The number of nitrogens with zero attached hydrogens (tertiary/aromatic N) is 2. The molecule has 0 aliphatic carbocycles. The fourth-order valence-corrected chi connectivity index (χ4v) is 6.84. The molecule has 202 valence electrons. The van der Waals surface area contributed by atoms with Crippen molar-refractivity contribution in [2.45, 2.75) is 45.6 Å². The standard InChI is InChI=1S/C33H30N2O5/c1-19-24(11-12-30(36)34-16-21-13-23(18-34)27-9-6-10-31(37)35(27)17-21)33(38)40-28-15-29-26(14-25(19)28)32(20(2)39-29)22-7-4-3-5-8-22/h3-10,14-15,21,23H,11-13,16-18H2,1-2H3. The van der Waals surface area contributed by atoms with Crippen molar-refractivity contribution in [2.75, 3.05) is 13.1 Å². The summed E-state index contributed by atoms with van der Waals surface area (Å²) < 4.78 is 13.7. The Balaban J connectivity index is 1.17. The minimum absolute atomic E-state index is 0.0317. The van der Waals surface area contributed by atoms with Gasteiger partial charge in [-0.05, 0) is 55.9 Å². The van der Waals surface area contributed by atoms with Crippen LogP contribution in [0.3, 0.4) is 0 Å². The Labute approximate surface area is 230 Å². The molecule has 2 bridgehead atoms. The maximum Gasteiger partial charge on any atom is 0.339 e. The van der Waals surface area contributed by atoms with E-state index in [1.165, 1.54) is 0 Å². The Morgan fingerprint density at radius 2 is 1.70 bits per heavy atom. The number of aryl methyl sites for hydroxylation is 2. The van der Waals surface area contributed by atoms with Crippen molar-refractivity contribution < 1.29 is 13.6 Å². The molecule has 2 atom stereocenters. The lowest BCUT2D eigenvalue weighted by molar-refractivity contribution is -0.133. The fourth-order valence-electron chi connectivity index (χ4n) is 6.84. The Bertz CT molecular complexity index is 1910. The number of furan rings is 1. The summed E-state index contributed by atoms with van der Waals surface area (Å²) >= 11 is 0. The van der Waals surface area contributed by atoms with Crippen LogP contribution in [0.15, 0.2) is 79.1 Å². The van der Waals surface area contributed by atoms with Crippen molar-refractivity contribution in [1.29, 1.82) is 0 Å². The second-order valence-electron chi connectivity index (χ2n) is 11.2. The van der Waals surface area contributed by atoms with Crippen LogP contribution < -0.4 is 11.2 Å². The van der Waals surface area contributed by atoms with Crippen molar-refractivity contribution in [3.05, 3.63) is 104 Å². The van der Waals surface area contributed by atoms with Crippen molar-refractivity contribution in [1.82, 2.24) is 9.47 Å². The van der Waals surface area contributed by atoms with E-state index >= 15 is 0 Å². The van der Waals surface area contributed by atoms with Crippen molar-refractivity contribution >= 4 is 27.8 Å². The molecule has 0 N–H and O–H groups in total. The molecule has 2 unspecified atom stereocenters. The van der Waals surface area contributed by atoms with Gasteiger partial charge in [-0.3, -0.25) is 9.59 Å². The number of amides is 1. The van der Waals surface area contributed by atoms with Crippen LogP contribution in [0.5, 0.6) is 0 Å². The molecular weight excluding hydrogens is 504 g/mol. The van der Waals surface area contributed by atoms with Gasteiger partial charge in [0.2, 0.25) is 5.91 Å². The zero-order valence-corrected chi connectivity index (χ0v) is 22.6. The fraction of sp³-hybridized carbons (Fsp3) is 0.303. The van der Waals surface area contributed by atoms with Gasteiger partial charge in [0.25, 0.3) is 5.56 Å². The van der Waals surface area contributed by atoms with E-state index in [0.717, 1.165) is 45.3 Å². The highest BCUT2D eigenvalue weighted by molar-refractivity contribution is 6.03. The van der Waals surface area contributed by atoms with Gasteiger partial charge in [-0.2, -0.15) is 0 Å². The molecule has 2 aromatic carbocycles. The van der Waals surface area contributed by atoms with Gasteiger partial charge in [0, 0.05) is 71.7 Å². The number of fused-ring (bicyclic) bond motifs is 6. The predicted molar refractivity (Wildman–Crippen MR) is 154 cm³/mol. The van der Waals surface area contributed by atoms with Gasteiger partial charge in [-0.1, -0.05) is 36.4 Å². The lowest BCUT2D eigenvalue weighted by Gasteiger charge is -2.42. The number of carbonyl (C=O) groups excluding carboxylic acids is 1. The number of hydrogen-bond acceptors (Lipinski definition) is 5. The number of rotatable bonds is 4. The predicted octanol–water partition coefficient (Wildman–Crippen LogP) is 5.56. The first-order chi connectivity index (χ1) is 19.4. The first-order valence-corrected chi connectivity index (χ1v) is 13.9. The number of pyridine rings is 1. The molecule has 3 aromatic heterocycles. The van der Waals surface area contributed by atoms with E-state index in [1.807, 2.05) is 53.6 Å². The van der Waals surface area contributed by atoms with Gasteiger partial charge >= 0.3 is 5.63 Å². The van der Waals surface area contributed by atoms with Gasteiger partial charge < -0.3 is 18.3 Å². The molecule has 0 radical (unpaired) electrons. The van der Waals surface area contributed by atoms with E-state index in [-0.39, 0.29) is 29.7 Å². The summed E-state index contributed by atoms with van der Waals surface area (Å²) in [5, 5.41) is 1.82. The summed E-state index contributed by atoms with van der Waals surface area (Å²) in [4.78, 5) is 40.7. The van der Waals surface area contributed by atoms with Gasteiger partial charge in [0.05, 0.1) is 0 Å². The monoisotopic (exact) mass is 534 g/mol. The van der Waals surface area contributed by atoms with Crippen LogP contribution in [0.2, 0.25) is 0 Å². The van der Waals surface area contributed by atoms with E-state index in [2.05, 4.69) is 12.1 Å². The van der Waals surface area contributed by atoms with Crippen LogP contribution in [0.4, 0.5) is 0 Å². The average Bonchev–Trinajstić information content (AvgIpc) is 3.27. The van der Waals surface area contributed by atoms with Gasteiger partial charge in [-0.15, -0.1) is 0 Å². The molecule has 1 fully saturated rings. The molecule has 7 rings (SSSR count). The Hall–Kier alpha value is -4.39. The van der Waals surface area contributed by atoms with E-state index in [0.29, 0.717) is 42.8 Å². The normalized spacial score (nSPS) is 18.3. The van der Waals surface area contributed by atoms with Crippen LogP contribution in [0.1, 0.15) is 41.3 Å². The molecule has 2 aliphatic rings. The topological polar surface area (TPSA) is 85.7 Å². The molecule has 5 heterocycles. The first kappa shape index (κ1) is 24.6. The van der Waals surface area contributed by atoms with Crippen molar-refractivity contribution in [3.63, 3.8) is 0 Å². The third kappa shape index (κ3) is 3.99. The lowest BCUT2D eigenvalue weighted by atomic mass is 9.83. The number of carbonyl (C=O) groups is 1. The highest BCUT2D eigenvalue weighted by Crippen LogP contribution is 2.38. The van der Waals surface area contributed by atoms with Gasteiger partial charge in [0.15, 0.2) is 0 Å². The number of benzene rings is 2. The first-order valence-electron chi connectivity index (χ1n) is 13.9. The SMILES string of the molecule is Cc1oc2cc3oc(=O)c(CCC(=O)N4CC5CC(C4)c4cccc(=O)n4C5)c(C)c3cc2c1-c1ccccc1. The van der Waals surface area contributed by atoms with Crippen molar-refractivity contribution in [2.24, 2.45) is 5.92 Å². The van der Waals surface area contributed by atoms with Crippen molar-refractivity contribution in [3.8, 4) is 11.1 Å². The molecule has 5 aromatic rings. The highest BCUT2D eigenvalue weighted by atomic mass is 16.4. The summed E-state index contributed by atoms with van der Waals surface area (Å²) in [5.41, 5.74) is 5.26. The van der Waals surface area contributed by atoms with Gasteiger partial charge in [-0.25, -0.2) is 4.79 Å². The Morgan fingerprint density at radius 3 is 2.52 bits per heavy atom. The molecule has 1 amide bonds. The highest BCUT2D eigenvalue weighted by Gasteiger charge is 2.36. The second-order valence-corrected chi connectivity index (χ2v) is 11.2. The Morgan fingerprint density at radius 1 is 0.900 bits per heavy atom. The smallest absolute Gasteiger partial charge is 0.339 e. The summed E-state index contributed by atoms with van der Waals surface area (Å²) in [5.74, 6) is 1.27. The lowest BCUT2D eigenvalue weighted by Crippen LogP contribution is -2.49. The largest absolute Gasteiger partial charge is 0.461 e. The maximum atomic E-state index is 13.4. The molecule has 0 saturated carbocycles. The van der Waals surface area contributed by atoms with Crippen LogP contribution in [0, 0.1) is 19.8 Å². The summed E-state index contributed by atoms with van der Waals surface area (Å²) in [6, 6.07) is 19.3. The Kier molecular flexibility index (Phi) is 5.77. The third-order valence-electron chi connectivity index (χ3n) is 8.76. The number of likely N-dealkylation sites (tertiary alicyclic amines) is 1. The summed E-state index contributed by atoms with van der Waals surface area (Å²) in [6.45, 7) is 5.76. The van der Waals surface area contributed by atoms with E-state index in [9.17, 15) is 14.4 Å². The van der Waals surface area contributed by atoms with Gasteiger partial charge in [0.1, 0.15) is 16.9 Å². The van der Waals surface area contributed by atoms with E-state index < -0.39 is 5.63 Å². The molecular formula is C33H30N2O5. The second kappa shape index (κ2) is 9.37. The van der Waals surface area contributed by atoms with Crippen LogP contribution in [-0.2, 0) is 17.8 Å². The molecule has 40 heavy (non-hydrogen) atoms. The average molecular weight is 535 g/mol. The molecule has 1 saturated heterocycles. The zero-order chi connectivity index (χ0) is 27.5. The van der Waals surface area contributed by atoms with E-state index in [4.69, 9.17) is 8.83 Å². The summed E-state index contributed by atoms with van der Waals surface area (Å²) in [7, 11) is 0. The third-order valence-corrected chi connectivity index (χ3v) is 8.76. The minimum atomic E-state index is -0.410. The zero-order valence-electron chi connectivity index (χ0n) is 22.6. The minimum Gasteiger partial charge on any atom is -0.461 e. The quantitative estimate of drug-likeness (QED) is 0.282. The van der Waals surface area contributed by atoms with E-state index in [1.54, 1.807) is 18.2 Å². The van der Waals surface area contributed by atoms with Crippen LogP contribution in [-0.4, -0.2) is 28.5 Å². The molecule has 0 spiro atoms. The number of aromatic nitrogens is 1. The molecule has 7 heteroatoms. The molecule has 2 aliphatic heterocycles. The number of hydrogen-bond donors (Lipinski definition) is 0.